The number of carbonyl (C=O) groups is 2. The number of ether oxygens (including phenoxy) is 1. The number of hydrogen-bond acceptors (Lipinski definition) is 5. The highest BCUT2D eigenvalue weighted by Gasteiger charge is 2.34. The zero-order valence-electron chi connectivity index (χ0n) is 19.5. The fourth-order valence-corrected chi connectivity index (χ4v) is 4.62. The summed E-state index contributed by atoms with van der Waals surface area (Å²) in [4.78, 5) is 27.9. The van der Waals surface area contributed by atoms with Gasteiger partial charge in [0.2, 0.25) is 10.0 Å². The van der Waals surface area contributed by atoms with Crippen LogP contribution >= 0.6 is 0 Å². The molecule has 0 radical (unpaired) electrons. The minimum Gasteiger partial charge on any atom is -0.477 e. The number of amides is 2. The summed E-state index contributed by atoms with van der Waals surface area (Å²) < 4.78 is 31.4. The van der Waals surface area contributed by atoms with Gasteiger partial charge < -0.3 is 15.0 Å². The number of fused-ring (bicyclic) bond motifs is 1. The van der Waals surface area contributed by atoms with E-state index in [1.165, 1.54) is 16.3 Å². The second-order valence-corrected chi connectivity index (χ2v) is 10.4. The summed E-state index contributed by atoms with van der Waals surface area (Å²) in [5.41, 5.74) is 2.36. The van der Waals surface area contributed by atoms with E-state index in [-0.39, 0.29) is 24.1 Å². The summed E-state index contributed by atoms with van der Waals surface area (Å²) in [6.45, 7) is 1.97. The summed E-state index contributed by atoms with van der Waals surface area (Å²) >= 11 is 0. The smallest absolute Gasteiger partial charge is 0.263 e. The number of rotatable bonds is 7. The average Bonchev–Trinajstić information content (AvgIpc) is 2.90. The summed E-state index contributed by atoms with van der Waals surface area (Å²) in [6.07, 6.45) is -0.877. The predicted molar refractivity (Wildman–Crippen MR) is 135 cm³/mol. The fourth-order valence-electron chi connectivity index (χ4n) is 3.79. The van der Waals surface area contributed by atoms with Gasteiger partial charge in [-0.1, -0.05) is 42.5 Å². The van der Waals surface area contributed by atoms with Crippen LogP contribution in [0.15, 0.2) is 78.9 Å². The maximum atomic E-state index is 13.5. The van der Waals surface area contributed by atoms with E-state index in [0.717, 1.165) is 5.56 Å². The normalized spacial score (nSPS) is 15.0. The van der Waals surface area contributed by atoms with E-state index >= 15 is 0 Å². The predicted octanol–water partition coefficient (Wildman–Crippen LogP) is 3.20. The second-order valence-electron chi connectivity index (χ2n) is 8.11. The van der Waals surface area contributed by atoms with Gasteiger partial charge in [0.1, 0.15) is 5.75 Å². The number of anilines is 2. The van der Waals surface area contributed by atoms with Crippen LogP contribution in [0.3, 0.4) is 0 Å². The van der Waals surface area contributed by atoms with Crippen LogP contribution in [-0.2, 0) is 21.4 Å². The maximum Gasteiger partial charge on any atom is 0.263 e. The van der Waals surface area contributed by atoms with Crippen molar-refractivity contribution in [3.8, 4) is 5.75 Å². The number of nitrogens with one attached hydrogen (secondary N) is 1. The lowest BCUT2D eigenvalue weighted by atomic mass is 10.1. The van der Waals surface area contributed by atoms with E-state index < -0.39 is 16.1 Å². The van der Waals surface area contributed by atoms with Crippen LogP contribution < -0.4 is 19.3 Å². The van der Waals surface area contributed by atoms with Crippen molar-refractivity contribution in [3.63, 3.8) is 0 Å². The molecule has 35 heavy (non-hydrogen) atoms. The zero-order chi connectivity index (χ0) is 25.0. The van der Waals surface area contributed by atoms with E-state index in [9.17, 15) is 18.0 Å². The van der Waals surface area contributed by atoms with Gasteiger partial charge in [-0.05, 0) is 48.9 Å². The standard InChI is InChI=1S/C26H27N3O5S/c1-3-35(32,33)28(2)21-15-13-20(14-16-21)26(31)29-18-24(34-23-12-8-7-11-22(23)29)25(30)27-17-19-9-5-4-6-10-19/h4-16,24H,3,17-18H2,1-2H3,(H,27,30)/t24-/m0/s1. The van der Waals surface area contributed by atoms with Gasteiger partial charge in [0.25, 0.3) is 11.8 Å². The molecule has 0 unspecified atom stereocenters. The Balaban J connectivity index is 1.53. The van der Waals surface area contributed by atoms with Gasteiger partial charge in [0.15, 0.2) is 6.10 Å². The molecule has 1 heterocycles. The first-order valence-corrected chi connectivity index (χ1v) is 12.9. The minimum atomic E-state index is -3.41. The quantitative estimate of drug-likeness (QED) is 0.545. The number of benzene rings is 3. The molecule has 0 aliphatic carbocycles. The SMILES string of the molecule is CCS(=O)(=O)N(C)c1ccc(C(=O)N2C[C@@H](C(=O)NCc3ccccc3)Oc3ccccc32)cc1. The lowest BCUT2D eigenvalue weighted by molar-refractivity contribution is -0.128. The van der Waals surface area contributed by atoms with Crippen molar-refractivity contribution in [1.29, 1.82) is 0 Å². The van der Waals surface area contributed by atoms with Gasteiger partial charge >= 0.3 is 0 Å². The van der Waals surface area contributed by atoms with Crippen LogP contribution in [0.25, 0.3) is 0 Å². The molecule has 8 nitrogen and oxygen atoms in total. The van der Waals surface area contributed by atoms with E-state index in [1.807, 2.05) is 30.3 Å². The fraction of sp³-hybridized carbons (Fsp3) is 0.231. The van der Waals surface area contributed by atoms with Crippen LogP contribution in [0.5, 0.6) is 5.75 Å². The monoisotopic (exact) mass is 493 g/mol. The molecule has 1 aliphatic rings. The Morgan fingerprint density at radius 2 is 1.66 bits per heavy atom. The maximum absolute atomic E-state index is 13.5. The molecule has 9 heteroatoms. The van der Waals surface area contributed by atoms with E-state index in [4.69, 9.17) is 4.74 Å². The molecule has 0 aromatic heterocycles. The van der Waals surface area contributed by atoms with Gasteiger partial charge in [0.05, 0.1) is 23.7 Å². The Kier molecular flexibility index (Phi) is 7.07. The Morgan fingerprint density at radius 1 is 1.00 bits per heavy atom. The van der Waals surface area contributed by atoms with Gasteiger partial charge in [0, 0.05) is 19.2 Å². The van der Waals surface area contributed by atoms with E-state index in [2.05, 4.69) is 5.32 Å². The third-order valence-electron chi connectivity index (χ3n) is 5.88. The molecule has 1 atom stereocenters. The third-order valence-corrected chi connectivity index (χ3v) is 7.66. The highest BCUT2D eigenvalue weighted by Crippen LogP contribution is 2.34. The summed E-state index contributed by atoms with van der Waals surface area (Å²) in [5.74, 6) is -0.211. The van der Waals surface area contributed by atoms with E-state index in [0.29, 0.717) is 29.2 Å². The lowest BCUT2D eigenvalue weighted by Gasteiger charge is -2.34. The zero-order valence-corrected chi connectivity index (χ0v) is 20.4. The van der Waals surface area contributed by atoms with Crippen LogP contribution in [0.4, 0.5) is 11.4 Å². The molecule has 1 aliphatic heterocycles. The lowest BCUT2D eigenvalue weighted by Crippen LogP contribution is -2.50. The Hall–Kier alpha value is -3.85. The number of hydrogen-bond donors (Lipinski definition) is 1. The Labute approximate surface area is 205 Å². The van der Waals surface area contributed by atoms with Crippen molar-refractivity contribution >= 4 is 33.2 Å². The van der Waals surface area contributed by atoms with Crippen LogP contribution in [-0.4, -0.2) is 45.7 Å². The highest BCUT2D eigenvalue weighted by atomic mass is 32.2. The molecule has 4 rings (SSSR count). The summed E-state index contributed by atoms with van der Waals surface area (Å²) in [7, 11) is -1.93. The van der Waals surface area contributed by atoms with Crippen LogP contribution in [0, 0.1) is 0 Å². The first-order chi connectivity index (χ1) is 16.8. The number of sulfonamides is 1. The van der Waals surface area contributed by atoms with Crippen LogP contribution in [0.1, 0.15) is 22.8 Å². The van der Waals surface area contributed by atoms with Gasteiger partial charge in [-0.15, -0.1) is 0 Å². The number of carbonyl (C=O) groups excluding carboxylic acids is 2. The molecular weight excluding hydrogens is 466 g/mol. The van der Waals surface area contributed by atoms with Crippen molar-refractivity contribution in [2.24, 2.45) is 0 Å². The number of para-hydroxylation sites is 2. The van der Waals surface area contributed by atoms with Gasteiger partial charge in [-0.3, -0.25) is 13.9 Å². The van der Waals surface area contributed by atoms with Crippen LogP contribution in [0.2, 0.25) is 0 Å². The molecule has 0 fully saturated rings. The molecule has 0 bridgehead atoms. The molecule has 1 N–H and O–H groups in total. The molecule has 3 aromatic carbocycles. The van der Waals surface area contributed by atoms with Gasteiger partial charge in [-0.25, -0.2) is 8.42 Å². The molecule has 2 amide bonds. The Morgan fingerprint density at radius 3 is 2.34 bits per heavy atom. The highest BCUT2D eigenvalue weighted by molar-refractivity contribution is 7.92. The molecule has 3 aromatic rings. The molecule has 0 spiro atoms. The first kappa shape index (κ1) is 24.3. The summed E-state index contributed by atoms with van der Waals surface area (Å²) in [5, 5.41) is 2.87. The van der Waals surface area contributed by atoms with E-state index in [1.54, 1.807) is 55.5 Å². The van der Waals surface area contributed by atoms with Crippen molar-refractivity contribution in [2.75, 3.05) is 28.6 Å². The van der Waals surface area contributed by atoms with Crippen molar-refractivity contribution in [1.82, 2.24) is 5.32 Å². The van der Waals surface area contributed by atoms with Gasteiger partial charge in [-0.2, -0.15) is 0 Å². The average molecular weight is 494 g/mol. The summed E-state index contributed by atoms with van der Waals surface area (Å²) in [6, 6.07) is 23.0. The largest absolute Gasteiger partial charge is 0.477 e. The second kappa shape index (κ2) is 10.2. The third kappa shape index (κ3) is 5.30. The molecular formula is C26H27N3O5S. The molecule has 0 saturated heterocycles. The topological polar surface area (TPSA) is 96.0 Å². The number of nitrogens with zero attached hydrogens (tertiary/aromatic N) is 2. The van der Waals surface area contributed by atoms with Crippen molar-refractivity contribution in [2.45, 2.75) is 19.6 Å². The van der Waals surface area contributed by atoms with Crippen molar-refractivity contribution < 1.29 is 22.7 Å². The Bertz CT molecular complexity index is 1310. The molecule has 0 saturated carbocycles. The first-order valence-electron chi connectivity index (χ1n) is 11.3. The minimum absolute atomic E-state index is 0.0253. The molecule has 182 valence electrons. The van der Waals surface area contributed by atoms with Crippen molar-refractivity contribution in [3.05, 3.63) is 90.0 Å².